The number of rotatable bonds is 5. The molecule has 1 heterocycles. The van der Waals surface area contributed by atoms with Gasteiger partial charge in [0.15, 0.2) is 5.69 Å². The van der Waals surface area contributed by atoms with Crippen LogP contribution in [0.15, 0.2) is 53.4 Å². The molecule has 2 aromatic carbocycles. The van der Waals surface area contributed by atoms with Crippen LogP contribution < -0.4 is 0 Å². The summed E-state index contributed by atoms with van der Waals surface area (Å²) in [4.78, 5) is 12.5. The van der Waals surface area contributed by atoms with Gasteiger partial charge in [0.2, 0.25) is 0 Å². The Kier molecular flexibility index (Phi) is 4.66. The van der Waals surface area contributed by atoms with Gasteiger partial charge >= 0.3 is 5.97 Å². The fourth-order valence-corrected chi connectivity index (χ4v) is 3.17. The molecule has 3 aromatic rings. The number of hydrogen-bond donors (Lipinski definition) is 1. The molecular formula is C18H17N3O2S. The quantitative estimate of drug-likeness (QED) is 0.715. The van der Waals surface area contributed by atoms with Gasteiger partial charge in [-0.2, -0.15) is 0 Å². The van der Waals surface area contributed by atoms with Crippen molar-refractivity contribution in [3.05, 3.63) is 71.0 Å². The van der Waals surface area contributed by atoms with Crippen molar-refractivity contribution in [3.63, 3.8) is 0 Å². The van der Waals surface area contributed by atoms with Crippen LogP contribution in [0.2, 0.25) is 0 Å². The number of carbonyl (C=O) groups is 1. The first-order valence-electron chi connectivity index (χ1n) is 7.49. The van der Waals surface area contributed by atoms with Crippen LogP contribution in [-0.4, -0.2) is 26.1 Å². The largest absolute Gasteiger partial charge is 0.476 e. The lowest BCUT2D eigenvalue weighted by Gasteiger charge is -2.08. The number of carboxylic acids is 1. The fourth-order valence-electron chi connectivity index (χ4n) is 2.28. The number of aromatic nitrogens is 3. The molecule has 0 atom stereocenters. The summed E-state index contributed by atoms with van der Waals surface area (Å²) >= 11 is 1.57. The molecule has 6 heteroatoms. The third kappa shape index (κ3) is 3.49. The number of aromatic carboxylic acids is 1. The summed E-state index contributed by atoms with van der Waals surface area (Å²) in [6, 6.07) is 15.9. The van der Waals surface area contributed by atoms with Gasteiger partial charge in [-0.05, 0) is 38.1 Å². The molecule has 0 aliphatic carbocycles. The Labute approximate surface area is 144 Å². The van der Waals surface area contributed by atoms with Crippen molar-refractivity contribution in [2.45, 2.75) is 24.5 Å². The summed E-state index contributed by atoms with van der Waals surface area (Å²) in [5.41, 5.74) is 3.71. The zero-order valence-corrected chi connectivity index (χ0v) is 14.2. The summed E-state index contributed by atoms with van der Waals surface area (Å²) in [7, 11) is 0. The molecule has 24 heavy (non-hydrogen) atoms. The number of aryl methyl sites for hydroxylation is 2. The Morgan fingerprint density at radius 3 is 2.21 bits per heavy atom. The van der Waals surface area contributed by atoms with Crippen molar-refractivity contribution < 1.29 is 9.90 Å². The summed E-state index contributed by atoms with van der Waals surface area (Å²) < 4.78 is 1.60. The molecule has 0 spiro atoms. The highest BCUT2D eigenvalue weighted by Crippen LogP contribution is 2.25. The smallest absolute Gasteiger partial charge is 0.358 e. The molecule has 0 saturated carbocycles. The topological polar surface area (TPSA) is 68.0 Å². The zero-order chi connectivity index (χ0) is 17.1. The van der Waals surface area contributed by atoms with E-state index in [1.54, 1.807) is 16.4 Å². The van der Waals surface area contributed by atoms with Crippen molar-refractivity contribution in [1.29, 1.82) is 0 Å². The first-order valence-corrected chi connectivity index (χ1v) is 8.47. The van der Waals surface area contributed by atoms with Crippen LogP contribution in [0.3, 0.4) is 0 Å². The minimum atomic E-state index is -1.06. The van der Waals surface area contributed by atoms with E-state index < -0.39 is 5.97 Å². The lowest BCUT2D eigenvalue weighted by molar-refractivity contribution is 0.0689. The Morgan fingerprint density at radius 1 is 1.04 bits per heavy atom. The average Bonchev–Trinajstić information content (AvgIpc) is 2.99. The average molecular weight is 339 g/mol. The van der Waals surface area contributed by atoms with E-state index in [-0.39, 0.29) is 5.69 Å². The maximum Gasteiger partial charge on any atom is 0.358 e. The van der Waals surface area contributed by atoms with Gasteiger partial charge in [0.1, 0.15) is 0 Å². The Morgan fingerprint density at radius 2 is 1.62 bits per heavy atom. The Hall–Kier alpha value is -2.60. The van der Waals surface area contributed by atoms with Crippen LogP contribution in [0.4, 0.5) is 0 Å². The second kappa shape index (κ2) is 6.88. The molecule has 0 aliphatic heterocycles. The molecule has 0 radical (unpaired) electrons. The maximum absolute atomic E-state index is 11.5. The van der Waals surface area contributed by atoms with Gasteiger partial charge in [-0.25, -0.2) is 9.48 Å². The maximum atomic E-state index is 11.5. The molecule has 3 rings (SSSR count). The van der Waals surface area contributed by atoms with E-state index in [1.165, 1.54) is 5.56 Å². The predicted molar refractivity (Wildman–Crippen MR) is 93.8 cm³/mol. The SMILES string of the molecule is Cc1ccc(SCc2c(C(=O)O)nnn2-c2ccc(C)cc2)cc1. The molecule has 0 aliphatic rings. The van der Waals surface area contributed by atoms with Gasteiger partial charge in [-0.1, -0.05) is 40.6 Å². The van der Waals surface area contributed by atoms with Crippen LogP contribution in [-0.2, 0) is 5.75 Å². The summed E-state index contributed by atoms with van der Waals surface area (Å²) in [5.74, 6) is -0.584. The number of nitrogens with zero attached hydrogens (tertiary/aromatic N) is 3. The highest BCUT2D eigenvalue weighted by molar-refractivity contribution is 7.98. The van der Waals surface area contributed by atoms with Crippen LogP contribution in [0, 0.1) is 13.8 Å². The monoisotopic (exact) mass is 339 g/mol. The van der Waals surface area contributed by atoms with E-state index in [1.807, 2.05) is 62.4 Å². The molecule has 1 N–H and O–H groups in total. The number of carboxylic acid groups (broad SMARTS) is 1. The van der Waals surface area contributed by atoms with Crippen molar-refractivity contribution in [2.24, 2.45) is 0 Å². The molecule has 0 fully saturated rings. The van der Waals surface area contributed by atoms with E-state index in [4.69, 9.17) is 0 Å². The van der Waals surface area contributed by atoms with Gasteiger partial charge in [0.25, 0.3) is 0 Å². The molecule has 0 amide bonds. The van der Waals surface area contributed by atoms with Gasteiger partial charge in [0, 0.05) is 10.6 Å². The van der Waals surface area contributed by atoms with Crippen LogP contribution in [0.25, 0.3) is 5.69 Å². The van der Waals surface area contributed by atoms with Crippen molar-refractivity contribution >= 4 is 17.7 Å². The summed E-state index contributed by atoms with van der Waals surface area (Å²) in [6.45, 7) is 4.04. The number of benzene rings is 2. The highest BCUT2D eigenvalue weighted by atomic mass is 32.2. The highest BCUT2D eigenvalue weighted by Gasteiger charge is 2.20. The van der Waals surface area contributed by atoms with Gasteiger partial charge in [0.05, 0.1) is 11.4 Å². The van der Waals surface area contributed by atoms with Crippen molar-refractivity contribution in [2.75, 3.05) is 0 Å². The van der Waals surface area contributed by atoms with E-state index >= 15 is 0 Å². The lowest BCUT2D eigenvalue weighted by Crippen LogP contribution is -2.06. The van der Waals surface area contributed by atoms with E-state index in [9.17, 15) is 9.90 Å². The first-order chi connectivity index (χ1) is 11.5. The van der Waals surface area contributed by atoms with Crippen molar-refractivity contribution in [1.82, 2.24) is 15.0 Å². The van der Waals surface area contributed by atoms with E-state index in [2.05, 4.69) is 10.3 Å². The summed E-state index contributed by atoms with van der Waals surface area (Å²) in [6.07, 6.45) is 0. The summed E-state index contributed by atoms with van der Waals surface area (Å²) in [5, 5.41) is 17.3. The van der Waals surface area contributed by atoms with Gasteiger partial charge < -0.3 is 5.11 Å². The van der Waals surface area contributed by atoms with E-state index in [0.717, 1.165) is 16.1 Å². The lowest BCUT2D eigenvalue weighted by atomic mass is 10.2. The number of thioether (sulfide) groups is 1. The molecule has 5 nitrogen and oxygen atoms in total. The molecule has 0 bridgehead atoms. The molecule has 1 aromatic heterocycles. The third-order valence-corrected chi connectivity index (χ3v) is 4.66. The number of hydrogen-bond acceptors (Lipinski definition) is 4. The zero-order valence-electron chi connectivity index (χ0n) is 13.4. The van der Waals surface area contributed by atoms with Gasteiger partial charge in [-0.15, -0.1) is 16.9 Å². The predicted octanol–water partition coefficient (Wildman–Crippen LogP) is 3.87. The van der Waals surface area contributed by atoms with Crippen LogP contribution in [0.5, 0.6) is 0 Å². The second-order valence-corrected chi connectivity index (χ2v) is 6.59. The van der Waals surface area contributed by atoms with Crippen LogP contribution in [0.1, 0.15) is 27.3 Å². The van der Waals surface area contributed by atoms with Crippen LogP contribution >= 0.6 is 11.8 Å². The standard InChI is InChI=1S/C18H17N3O2S/c1-12-3-7-14(8-4-12)21-16(17(18(22)23)19-20-21)11-24-15-9-5-13(2)6-10-15/h3-10H,11H2,1-2H3,(H,22,23). The Balaban J connectivity index is 1.92. The van der Waals surface area contributed by atoms with E-state index in [0.29, 0.717) is 11.4 Å². The fraction of sp³-hybridized carbons (Fsp3) is 0.167. The molecule has 0 saturated heterocycles. The molecular weight excluding hydrogens is 322 g/mol. The minimum Gasteiger partial charge on any atom is -0.476 e. The molecule has 122 valence electrons. The van der Waals surface area contributed by atoms with Gasteiger partial charge in [-0.3, -0.25) is 0 Å². The minimum absolute atomic E-state index is 0.00446. The molecule has 0 unspecified atom stereocenters. The van der Waals surface area contributed by atoms with Crippen molar-refractivity contribution in [3.8, 4) is 5.69 Å². The second-order valence-electron chi connectivity index (χ2n) is 5.54. The third-order valence-electron chi connectivity index (χ3n) is 3.64. The normalized spacial score (nSPS) is 10.8. The first kappa shape index (κ1) is 16.3. The Bertz CT molecular complexity index is 855.